The summed E-state index contributed by atoms with van der Waals surface area (Å²) in [5.41, 5.74) is 4.98. The fourth-order valence-corrected chi connectivity index (χ4v) is 2.52. The van der Waals surface area contributed by atoms with Gasteiger partial charge in [-0.1, -0.05) is 59.7 Å². The second kappa shape index (κ2) is 12.3. The lowest BCUT2D eigenvalue weighted by Gasteiger charge is -1.99. The molecule has 2 rings (SSSR count). The molecule has 0 saturated carbocycles. The Bertz CT molecular complexity index is 614. The Morgan fingerprint density at radius 2 is 1.15 bits per heavy atom. The zero-order valence-electron chi connectivity index (χ0n) is 15.5. The van der Waals surface area contributed by atoms with E-state index in [1.54, 1.807) is 0 Å². The number of carboxylic acid groups (broad SMARTS) is 1. The first-order valence-electron chi connectivity index (χ1n) is 8.88. The van der Waals surface area contributed by atoms with E-state index in [1.165, 1.54) is 22.3 Å². The van der Waals surface area contributed by atoms with E-state index in [4.69, 9.17) is 16.7 Å². The quantitative estimate of drug-likeness (QED) is 0.622. The van der Waals surface area contributed by atoms with Gasteiger partial charge in [0.15, 0.2) is 0 Å². The van der Waals surface area contributed by atoms with Crippen molar-refractivity contribution in [2.75, 3.05) is 0 Å². The molecule has 0 saturated heterocycles. The molecule has 0 fully saturated rings. The molecular weight excluding hydrogens is 348 g/mol. The number of aryl methyl sites for hydroxylation is 4. The van der Waals surface area contributed by atoms with Gasteiger partial charge in [0.1, 0.15) is 0 Å². The Morgan fingerprint density at radius 1 is 0.769 bits per heavy atom. The molecule has 4 heteroatoms. The largest absolute Gasteiger partial charge is 0.481 e. The maximum Gasteiger partial charge on any atom is 0.303 e. The lowest BCUT2D eigenvalue weighted by atomic mass is 10.1. The molecular formula is C22H27ClO3. The van der Waals surface area contributed by atoms with Crippen LogP contribution in [-0.2, 0) is 22.4 Å². The molecule has 0 aromatic heterocycles. The number of halogens is 1. The van der Waals surface area contributed by atoms with E-state index in [0.29, 0.717) is 6.42 Å². The molecule has 1 N–H and O–H groups in total. The highest BCUT2D eigenvalue weighted by Crippen LogP contribution is 2.08. The highest BCUT2D eigenvalue weighted by atomic mass is 35.5. The average Bonchev–Trinajstić information content (AvgIpc) is 2.58. The molecule has 2 aromatic carbocycles. The van der Waals surface area contributed by atoms with E-state index < -0.39 is 5.97 Å². The minimum absolute atomic E-state index is 0.243. The van der Waals surface area contributed by atoms with Gasteiger partial charge in [0.25, 0.3) is 0 Å². The van der Waals surface area contributed by atoms with Crippen molar-refractivity contribution >= 4 is 22.8 Å². The van der Waals surface area contributed by atoms with Gasteiger partial charge in [0.2, 0.25) is 5.24 Å². The van der Waals surface area contributed by atoms with E-state index in [0.717, 1.165) is 25.7 Å². The van der Waals surface area contributed by atoms with Gasteiger partial charge in [-0.15, -0.1) is 0 Å². The molecule has 3 nitrogen and oxygen atoms in total. The monoisotopic (exact) mass is 374 g/mol. The van der Waals surface area contributed by atoms with Crippen molar-refractivity contribution in [3.05, 3.63) is 70.8 Å². The average molecular weight is 375 g/mol. The summed E-state index contributed by atoms with van der Waals surface area (Å²) in [5, 5.41) is 8.19. The van der Waals surface area contributed by atoms with Gasteiger partial charge in [0, 0.05) is 12.8 Å². The molecule has 2 aromatic rings. The first-order valence-corrected chi connectivity index (χ1v) is 9.26. The highest BCUT2D eigenvalue weighted by molar-refractivity contribution is 6.63. The number of rotatable bonds is 8. The zero-order valence-corrected chi connectivity index (χ0v) is 16.3. The van der Waals surface area contributed by atoms with Crippen LogP contribution in [0.3, 0.4) is 0 Å². The van der Waals surface area contributed by atoms with Crippen molar-refractivity contribution in [1.82, 2.24) is 0 Å². The number of hydrogen-bond acceptors (Lipinski definition) is 2. The van der Waals surface area contributed by atoms with Gasteiger partial charge in [-0.05, 0) is 62.3 Å². The lowest BCUT2D eigenvalue weighted by molar-refractivity contribution is -0.137. The number of carbonyl (C=O) groups excluding carboxylic acids is 1. The van der Waals surface area contributed by atoms with Gasteiger partial charge in [-0.2, -0.15) is 0 Å². The van der Waals surface area contributed by atoms with E-state index >= 15 is 0 Å². The normalized spacial score (nSPS) is 9.96. The Hall–Kier alpha value is -2.13. The molecule has 140 valence electrons. The van der Waals surface area contributed by atoms with Crippen molar-refractivity contribution < 1.29 is 14.7 Å². The van der Waals surface area contributed by atoms with Crippen molar-refractivity contribution in [2.24, 2.45) is 0 Å². The third kappa shape index (κ3) is 10.7. The Balaban J connectivity index is 0.000000260. The summed E-state index contributed by atoms with van der Waals surface area (Å²) < 4.78 is 0. The molecule has 26 heavy (non-hydrogen) atoms. The van der Waals surface area contributed by atoms with Gasteiger partial charge >= 0.3 is 5.97 Å². The number of benzene rings is 2. The highest BCUT2D eigenvalue weighted by Gasteiger charge is 1.98. The molecule has 0 heterocycles. The van der Waals surface area contributed by atoms with Gasteiger partial charge < -0.3 is 5.11 Å². The minimum Gasteiger partial charge on any atom is -0.481 e. The summed E-state index contributed by atoms with van der Waals surface area (Å²) in [7, 11) is 0. The van der Waals surface area contributed by atoms with E-state index in [2.05, 4.69) is 55.5 Å². The summed E-state index contributed by atoms with van der Waals surface area (Å²) >= 11 is 5.23. The van der Waals surface area contributed by atoms with E-state index in [-0.39, 0.29) is 11.7 Å². The Kier molecular flexibility index (Phi) is 10.3. The fraction of sp³-hybridized carbons (Fsp3) is 0.364. The topological polar surface area (TPSA) is 54.4 Å². The summed E-state index contributed by atoms with van der Waals surface area (Å²) in [6, 6.07) is 16.6. The second-order valence-electron chi connectivity index (χ2n) is 6.43. The third-order valence-electron chi connectivity index (χ3n) is 3.94. The van der Waals surface area contributed by atoms with E-state index in [9.17, 15) is 9.59 Å². The maximum atomic E-state index is 10.5. The van der Waals surface area contributed by atoms with Crippen molar-refractivity contribution in [1.29, 1.82) is 0 Å². The van der Waals surface area contributed by atoms with Crippen molar-refractivity contribution in [2.45, 2.75) is 52.4 Å². The molecule has 0 aliphatic rings. The van der Waals surface area contributed by atoms with Gasteiger partial charge in [-0.3, -0.25) is 9.59 Å². The predicted molar refractivity (Wildman–Crippen MR) is 107 cm³/mol. The molecule has 0 bridgehead atoms. The van der Waals surface area contributed by atoms with Crippen molar-refractivity contribution in [3.8, 4) is 0 Å². The van der Waals surface area contributed by atoms with Gasteiger partial charge in [0.05, 0.1) is 0 Å². The molecule has 0 aliphatic heterocycles. The molecule has 0 spiro atoms. The Morgan fingerprint density at radius 3 is 1.50 bits per heavy atom. The van der Waals surface area contributed by atoms with Crippen LogP contribution in [0.2, 0.25) is 0 Å². The van der Waals surface area contributed by atoms with Crippen LogP contribution in [0.1, 0.15) is 47.9 Å². The molecule has 0 amide bonds. The second-order valence-corrected chi connectivity index (χ2v) is 6.85. The molecule has 0 radical (unpaired) electrons. The first kappa shape index (κ1) is 21.9. The van der Waals surface area contributed by atoms with Crippen LogP contribution >= 0.6 is 11.6 Å². The first-order chi connectivity index (χ1) is 12.4. The van der Waals surface area contributed by atoms with E-state index in [1.807, 2.05) is 6.92 Å². The number of hydrogen-bond donors (Lipinski definition) is 1. The smallest absolute Gasteiger partial charge is 0.303 e. The van der Waals surface area contributed by atoms with Crippen LogP contribution in [0.4, 0.5) is 0 Å². The lowest BCUT2D eigenvalue weighted by Crippen LogP contribution is -1.95. The van der Waals surface area contributed by atoms with Crippen molar-refractivity contribution in [3.63, 3.8) is 0 Å². The summed E-state index contributed by atoms with van der Waals surface area (Å²) in [4.78, 5) is 20.7. The van der Waals surface area contributed by atoms with Crippen LogP contribution in [0.15, 0.2) is 48.5 Å². The van der Waals surface area contributed by atoms with Crippen LogP contribution in [0.25, 0.3) is 0 Å². The standard InChI is InChI=1S/C11H13ClO.C11H14O2/c2*1-9-5-7-10(8-6-9)3-2-4-11(12)13/h5-8H,2-4H2,1H3;5-8H,2-4H2,1H3,(H,12,13). The summed E-state index contributed by atoms with van der Waals surface area (Å²) in [6.45, 7) is 4.10. The number of carbonyl (C=O) groups is 2. The summed E-state index contributed by atoms with van der Waals surface area (Å²) in [6.07, 6.45) is 4.07. The number of carboxylic acids is 1. The van der Waals surface area contributed by atoms with Crippen LogP contribution < -0.4 is 0 Å². The number of aliphatic carboxylic acids is 1. The SMILES string of the molecule is Cc1ccc(CCCC(=O)Cl)cc1.Cc1ccc(CCCC(=O)O)cc1. The zero-order chi connectivity index (χ0) is 19.4. The minimum atomic E-state index is -0.716. The fourth-order valence-electron chi connectivity index (χ4n) is 2.38. The van der Waals surface area contributed by atoms with Crippen LogP contribution in [-0.4, -0.2) is 16.3 Å². The Labute approximate surface area is 161 Å². The molecule has 0 unspecified atom stereocenters. The summed E-state index contributed by atoms with van der Waals surface area (Å²) in [5.74, 6) is -0.716. The third-order valence-corrected chi connectivity index (χ3v) is 4.13. The van der Waals surface area contributed by atoms with Crippen LogP contribution in [0, 0.1) is 13.8 Å². The van der Waals surface area contributed by atoms with Crippen LogP contribution in [0.5, 0.6) is 0 Å². The maximum absolute atomic E-state index is 10.5. The van der Waals surface area contributed by atoms with Gasteiger partial charge in [-0.25, -0.2) is 0 Å². The predicted octanol–water partition coefficient (Wildman–Crippen LogP) is 5.49. The molecule has 0 aliphatic carbocycles. The molecule has 0 atom stereocenters.